The van der Waals surface area contributed by atoms with E-state index in [1.54, 1.807) is 4.90 Å². The second kappa shape index (κ2) is 6.50. The third-order valence-corrected chi connectivity index (χ3v) is 5.86. The van der Waals surface area contributed by atoms with Gasteiger partial charge in [-0.05, 0) is 56.2 Å². The molecule has 3 atom stereocenters. The highest BCUT2D eigenvalue weighted by Gasteiger charge is 2.39. The van der Waals surface area contributed by atoms with Crippen molar-refractivity contribution < 1.29 is 14.4 Å². The van der Waals surface area contributed by atoms with E-state index in [1.165, 1.54) is 5.56 Å². The largest absolute Gasteiger partial charge is 0.322 e. The van der Waals surface area contributed by atoms with Crippen LogP contribution in [0.2, 0.25) is 0 Å². The van der Waals surface area contributed by atoms with Crippen molar-refractivity contribution in [2.45, 2.75) is 70.1 Å². The van der Waals surface area contributed by atoms with Crippen LogP contribution < -0.4 is 10.6 Å². The zero-order chi connectivity index (χ0) is 18.4. The van der Waals surface area contributed by atoms with E-state index >= 15 is 0 Å². The minimum absolute atomic E-state index is 0.104. The highest BCUT2D eigenvalue weighted by atomic mass is 16.2. The highest BCUT2D eigenvalue weighted by Crippen LogP contribution is 2.34. The molecule has 6 heteroatoms. The molecule has 2 saturated heterocycles. The SMILES string of the molecule is CC1CC(c2ccc3c(c2)CN(C2CCC(=O)NC2=O)C3=O)CC(C)N1. The van der Waals surface area contributed by atoms with Gasteiger partial charge in [0, 0.05) is 30.6 Å². The van der Waals surface area contributed by atoms with Crippen LogP contribution in [0.3, 0.4) is 0 Å². The van der Waals surface area contributed by atoms with Gasteiger partial charge >= 0.3 is 0 Å². The van der Waals surface area contributed by atoms with E-state index < -0.39 is 6.04 Å². The Morgan fingerprint density at radius 3 is 2.50 bits per heavy atom. The molecule has 6 nitrogen and oxygen atoms in total. The van der Waals surface area contributed by atoms with E-state index in [-0.39, 0.29) is 24.1 Å². The number of carbonyl (C=O) groups excluding carboxylic acids is 3. The predicted octanol–water partition coefficient (Wildman–Crippen LogP) is 1.69. The maximum absolute atomic E-state index is 12.8. The molecule has 0 aliphatic carbocycles. The molecule has 26 heavy (non-hydrogen) atoms. The van der Waals surface area contributed by atoms with Crippen LogP contribution in [0.1, 0.15) is 66.9 Å². The van der Waals surface area contributed by atoms with Gasteiger partial charge in [-0.1, -0.05) is 12.1 Å². The number of carbonyl (C=O) groups is 3. The summed E-state index contributed by atoms with van der Waals surface area (Å²) in [6.45, 7) is 4.87. The van der Waals surface area contributed by atoms with Crippen molar-refractivity contribution in [1.29, 1.82) is 0 Å². The average Bonchev–Trinajstić information content (AvgIpc) is 2.90. The lowest BCUT2D eigenvalue weighted by molar-refractivity contribution is -0.136. The van der Waals surface area contributed by atoms with Crippen molar-refractivity contribution >= 4 is 17.7 Å². The number of fused-ring (bicyclic) bond motifs is 1. The molecule has 3 amide bonds. The van der Waals surface area contributed by atoms with Gasteiger partial charge in [0.25, 0.3) is 5.91 Å². The number of rotatable bonds is 2. The first kappa shape index (κ1) is 17.2. The molecule has 3 heterocycles. The standard InChI is InChI=1S/C20H25N3O3/c1-11-7-14(8-12(2)21-11)13-3-4-16-15(9-13)10-23(20(16)26)17-5-6-18(24)22-19(17)25/h3-4,9,11-12,14,17,21H,5-8,10H2,1-2H3,(H,22,24,25). The van der Waals surface area contributed by atoms with Crippen LogP contribution in [-0.2, 0) is 16.1 Å². The molecule has 2 fully saturated rings. The van der Waals surface area contributed by atoms with Crippen molar-refractivity contribution in [3.05, 3.63) is 34.9 Å². The van der Waals surface area contributed by atoms with Gasteiger partial charge in [0.2, 0.25) is 11.8 Å². The Morgan fingerprint density at radius 2 is 1.81 bits per heavy atom. The van der Waals surface area contributed by atoms with Gasteiger partial charge in [-0.25, -0.2) is 0 Å². The van der Waals surface area contributed by atoms with Gasteiger partial charge in [0.05, 0.1) is 0 Å². The van der Waals surface area contributed by atoms with E-state index in [4.69, 9.17) is 0 Å². The minimum atomic E-state index is -0.546. The second-order valence-corrected chi connectivity index (χ2v) is 7.95. The van der Waals surface area contributed by atoms with Crippen LogP contribution >= 0.6 is 0 Å². The molecule has 0 radical (unpaired) electrons. The Hall–Kier alpha value is -2.21. The van der Waals surface area contributed by atoms with Crippen LogP contribution in [0, 0.1) is 0 Å². The lowest BCUT2D eigenvalue weighted by Crippen LogP contribution is -2.52. The van der Waals surface area contributed by atoms with Gasteiger partial charge in [0.15, 0.2) is 0 Å². The summed E-state index contributed by atoms with van der Waals surface area (Å²) in [5.74, 6) is -0.227. The van der Waals surface area contributed by atoms with Crippen LogP contribution in [0.15, 0.2) is 18.2 Å². The van der Waals surface area contributed by atoms with Gasteiger partial charge in [-0.15, -0.1) is 0 Å². The number of imide groups is 1. The number of benzene rings is 1. The average molecular weight is 355 g/mol. The van der Waals surface area contributed by atoms with Gasteiger partial charge in [-0.3, -0.25) is 19.7 Å². The molecule has 3 unspecified atom stereocenters. The summed E-state index contributed by atoms with van der Waals surface area (Å²) in [6, 6.07) is 6.55. The summed E-state index contributed by atoms with van der Waals surface area (Å²) in [5.41, 5.74) is 2.96. The van der Waals surface area contributed by atoms with Crippen molar-refractivity contribution in [2.75, 3.05) is 0 Å². The van der Waals surface area contributed by atoms with E-state index in [9.17, 15) is 14.4 Å². The van der Waals surface area contributed by atoms with Crippen molar-refractivity contribution in [1.82, 2.24) is 15.5 Å². The summed E-state index contributed by atoms with van der Waals surface area (Å²) >= 11 is 0. The number of amides is 3. The molecule has 1 aromatic rings. The Kier molecular flexibility index (Phi) is 4.31. The third kappa shape index (κ3) is 3.03. The predicted molar refractivity (Wildman–Crippen MR) is 96.5 cm³/mol. The number of hydrogen-bond acceptors (Lipinski definition) is 4. The van der Waals surface area contributed by atoms with Crippen molar-refractivity contribution in [3.63, 3.8) is 0 Å². The fourth-order valence-corrected chi connectivity index (χ4v) is 4.69. The summed E-state index contributed by atoms with van der Waals surface area (Å²) in [6.07, 6.45) is 2.87. The molecule has 3 aliphatic rings. The summed E-state index contributed by atoms with van der Waals surface area (Å²) < 4.78 is 0. The third-order valence-electron chi connectivity index (χ3n) is 5.86. The van der Waals surface area contributed by atoms with Crippen LogP contribution in [0.5, 0.6) is 0 Å². The molecule has 2 N–H and O–H groups in total. The molecule has 0 saturated carbocycles. The van der Waals surface area contributed by atoms with E-state index in [1.807, 2.05) is 6.07 Å². The molecule has 0 bridgehead atoms. The van der Waals surface area contributed by atoms with Crippen molar-refractivity contribution in [3.8, 4) is 0 Å². The zero-order valence-electron chi connectivity index (χ0n) is 15.2. The fourth-order valence-electron chi connectivity index (χ4n) is 4.69. The zero-order valence-corrected chi connectivity index (χ0v) is 15.2. The topological polar surface area (TPSA) is 78.5 Å². The maximum Gasteiger partial charge on any atom is 0.255 e. The fraction of sp³-hybridized carbons (Fsp3) is 0.550. The first-order valence-electron chi connectivity index (χ1n) is 9.46. The Balaban J connectivity index is 1.55. The van der Waals surface area contributed by atoms with E-state index in [0.717, 1.165) is 18.4 Å². The van der Waals surface area contributed by atoms with Crippen LogP contribution in [0.4, 0.5) is 0 Å². The van der Waals surface area contributed by atoms with Crippen molar-refractivity contribution in [2.24, 2.45) is 0 Å². The van der Waals surface area contributed by atoms with Crippen LogP contribution in [0.25, 0.3) is 0 Å². The normalized spacial score (nSPS) is 31.8. The lowest BCUT2D eigenvalue weighted by atomic mass is 9.83. The van der Waals surface area contributed by atoms with Crippen LogP contribution in [-0.4, -0.2) is 40.7 Å². The molecule has 138 valence electrons. The molecular weight excluding hydrogens is 330 g/mol. The summed E-state index contributed by atoms with van der Waals surface area (Å²) in [5, 5.41) is 5.91. The second-order valence-electron chi connectivity index (χ2n) is 7.95. The minimum Gasteiger partial charge on any atom is -0.322 e. The molecule has 0 aromatic heterocycles. The highest BCUT2D eigenvalue weighted by molar-refractivity contribution is 6.05. The first-order valence-corrected chi connectivity index (χ1v) is 9.46. The Labute approximate surface area is 153 Å². The molecular formula is C20H25N3O3. The van der Waals surface area contributed by atoms with E-state index in [0.29, 0.717) is 36.5 Å². The smallest absolute Gasteiger partial charge is 0.255 e. The quantitative estimate of drug-likeness (QED) is 0.792. The van der Waals surface area contributed by atoms with Gasteiger partial charge in [-0.2, -0.15) is 0 Å². The Morgan fingerprint density at radius 1 is 1.08 bits per heavy atom. The lowest BCUT2D eigenvalue weighted by Gasteiger charge is -2.33. The Bertz CT molecular complexity index is 766. The molecule has 1 aromatic carbocycles. The monoisotopic (exact) mass is 355 g/mol. The van der Waals surface area contributed by atoms with E-state index in [2.05, 4.69) is 36.6 Å². The molecule has 3 aliphatic heterocycles. The molecule has 0 spiro atoms. The number of nitrogens with zero attached hydrogens (tertiary/aromatic N) is 1. The number of nitrogens with one attached hydrogen (secondary N) is 2. The first-order chi connectivity index (χ1) is 12.4. The summed E-state index contributed by atoms with van der Waals surface area (Å²) in [4.78, 5) is 37.9. The number of piperidine rings is 2. The van der Waals surface area contributed by atoms with Gasteiger partial charge < -0.3 is 10.2 Å². The van der Waals surface area contributed by atoms with Gasteiger partial charge in [0.1, 0.15) is 6.04 Å². The molecule has 4 rings (SSSR count). The summed E-state index contributed by atoms with van der Waals surface area (Å²) in [7, 11) is 0. The maximum atomic E-state index is 12.8. The number of hydrogen-bond donors (Lipinski definition) is 2.